The molecule has 0 radical (unpaired) electrons. The summed E-state index contributed by atoms with van der Waals surface area (Å²) in [6.45, 7) is 4.59. The number of hydrogen-bond acceptors (Lipinski definition) is 5. The summed E-state index contributed by atoms with van der Waals surface area (Å²) in [7, 11) is 1.74. The number of carbonyl (C=O) groups is 1. The standard InChI is InChI=1S/C22H31N5O2S.HI/c1-23-22(25-15-21(28)27-11-7-20-17(16-27)8-13-30-20)24-14-18(19-6-5-12-29-19)26-9-3-2-4-10-26;/h5-6,8,12-13,18H,2-4,7,9-11,14-16H2,1H3,(H2,23,24,25);1H. The first-order chi connectivity index (χ1) is 14.7. The largest absolute Gasteiger partial charge is 0.468 e. The molecule has 0 aromatic carbocycles. The molecule has 1 fully saturated rings. The summed E-state index contributed by atoms with van der Waals surface area (Å²) in [5.41, 5.74) is 1.28. The maximum atomic E-state index is 12.7. The minimum atomic E-state index is 0. The molecule has 2 aromatic rings. The van der Waals surface area contributed by atoms with Crippen molar-refractivity contribution in [1.82, 2.24) is 20.4 Å². The van der Waals surface area contributed by atoms with E-state index in [1.807, 2.05) is 17.0 Å². The Bertz CT molecular complexity index is 848. The molecule has 9 heteroatoms. The van der Waals surface area contributed by atoms with Crippen molar-refractivity contribution < 1.29 is 9.21 Å². The molecule has 2 aliphatic rings. The van der Waals surface area contributed by atoms with Crippen LogP contribution in [-0.2, 0) is 17.8 Å². The van der Waals surface area contributed by atoms with Crippen LogP contribution in [0.25, 0.3) is 0 Å². The van der Waals surface area contributed by atoms with Crippen molar-refractivity contribution in [2.45, 2.75) is 38.3 Å². The van der Waals surface area contributed by atoms with E-state index in [4.69, 9.17) is 4.42 Å². The van der Waals surface area contributed by atoms with Crippen LogP contribution in [0, 0.1) is 0 Å². The Labute approximate surface area is 205 Å². The number of likely N-dealkylation sites (tertiary alicyclic amines) is 1. The second-order valence-electron chi connectivity index (χ2n) is 7.87. The Kier molecular flexibility index (Phi) is 9.21. The molecular weight excluding hydrogens is 525 g/mol. The van der Waals surface area contributed by atoms with Crippen LogP contribution >= 0.6 is 35.3 Å². The summed E-state index contributed by atoms with van der Waals surface area (Å²) in [5, 5.41) is 8.69. The first-order valence-electron chi connectivity index (χ1n) is 10.8. The minimum absolute atomic E-state index is 0. The van der Waals surface area contributed by atoms with Gasteiger partial charge in [0.15, 0.2) is 5.96 Å². The highest BCUT2D eigenvalue weighted by molar-refractivity contribution is 14.0. The van der Waals surface area contributed by atoms with Crippen LogP contribution in [0.5, 0.6) is 0 Å². The lowest BCUT2D eigenvalue weighted by Gasteiger charge is -2.33. The molecule has 1 unspecified atom stereocenters. The van der Waals surface area contributed by atoms with Gasteiger partial charge in [-0.15, -0.1) is 35.3 Å². The van der Waals surface area contributed by atoms with Crippen molar-refractivity contribution >= 4 is 47.2 Å². The van der Waals surface area contributed by atoms with Crippen LogP contribution in [0.4, 0.5) is 0 Å². The Morgan fingerprint density at radius 3 is 2.81 bits per heavy atom. The predicted octanol–water partition coefficient (Wildman–Crippen LogP) is 3.24. The zero-order valence-electron chi connectivity index (χ0n) is 18.0. The molecule has 4 rings (SSSR count). The highest BCUT2D eigenvalue weighted by Gasteiger charge is 2.25. The molecule has 0 spiro atoms. The molecular formula is C22H32IN5O2S. The Morgan fingerprint density at radius 2 is 2.06 bits per heavy atom. The highest BCUT2D eigenvalue weighted by atomic mass is 127. The predicted molar refractivity (Wildman–Crippen MR) is 135 cm³/mol. The molecule has 7 nitrogen and oxygen atoms in total. The molecule has 0 aliphatic carbocycles. The zero-order valence-corrected chi connectivity index (χ0v) is 21.2. The number of furan rings is 1. The molecule has 1 amide bonds. The van der Waals surface area contributed by atoms with Crippen molar-refractivity contribution in [3.05, 3.63) is 46.0 Å². The third kappa shape index (κ3) is 6.23. The van der Waals surface area contributed by atoms with Crippen molar-refractivity contribution in [3.63, 3.8) is 0 Å². The van der Waals surface area contributed by atoms with E-state index in [2.05, 4.69) is 32.0 Å². The van der Waals surface area contributed by atoms with Crippen molar-refractivity contribution in [2.75, 3.05) is 39.8 Å². The van der Waals surface area contributed by atoms with Gasteiger partial charge < -0.3 is 20.0 Å². The summed E-state index contributed by atoms with van der Waals surface area (Å²) in [4.78, 5) is 22.8. The second-order valence-corrected chi connectivity index (χ2v) is 8.87. The van der Waals surface area contributed by atoms with Gasteiger partial charge in [-0.25, -0.2) is 0 Å². The number of hydrogen-bond donors (Lipinski definition) is 2. The molecule has 0 bridgehead atoms. The quantitative estimate of drug-likeness (QED) is 0.324. The van der Waals surface area contributed by atoms with Gasteiger partial charge in [-0.05, 0) is 61.5 Å². The van der Waals surface area contributed by atoms with Gasteiger partial charge in [0.1, 0.15) is 5.76 Å². The number of thiophene rings is 1. The van der Waals surface area contributed by atoms with Crippen LogP contribution in [0.15, 0.2) is 39.3 Å². The van der Waals surface area contributed by atoms with E-state index in [9.17, 15) is 4.79 Å². The topological polar surface area (TPSA) is 73.1 Å². The average molecular weight is 558 g/mol. The Balaban J connectivity index is 0.00000272. The lowest BCUT2D eigenvalue weighted by atomic mass is 10.1. The Morgan fingerprint density at radius 1 is 1.23 bits per heavy atom. The molecule has 4 heterocycles. The van der Waals surface area contributed by atoms with E-state index >= 15 is 0 Å². The number of halogens is 1. The van der Waals surface area contributed by atoms with E-state index in [-0.39, 0.29) is 42.5 Å². The van der Waals surface area contributed by atoms with Crippen molar-refractivity contribution in [3.8, 4) is 0 Å². The van der Waals surface area contributed by atoms with Crippen LogP contribution in [0.2, 0.25) is 0 Å². The first-order valence-corrected chi connectivity index (χ1v) is 11.7. The van der Waals surface area contributed by atoms with Gasteiger partial charge in [0, 0.05) is 31.6 Å². The van der Waals surface area contributed by atoms with Gasteiger partial charge in [0.25, 0.3) is 0 Å². The monoisotopic (exact) mass is 557 g/mol. The van der Waals surface area contributed by atoms with Gasteiger partial charge >= 0.3 is 0 Å². The van der Waals surface area contributed by atoms with E-state index in [1.54, 1.807) is 24.6 Å². The lowest BCUT2D eigenvalue weighted by Crippen LogP contribution is -2.48. The van der Waals surface area contributed by atoms with Gasteiger partial charge in [-0.3, -0.25) is 14.7 Å². The minimum Gasteiger partial charge on any atom is -0.468 e. The van der Waals surface area contributed by atoms with Gasteiger partial charge in [0.2, 0.25) is 5.91 Å². The maximum Gasteiger partial charge on any atom is 0.242 e. The van der Waals surface area contributed by atoms with Gasteiger partial charge in [-0.2, -0.15) is 0 Å². The number of amides is 1. The fourth-order valence-electron chi connectivity index (χ4n) is 4.27. The fraction of sp³-hybridized carbons (Fsp3) is 0.545. The highest BCUT2D eigenvalue weighted by Crippen LogP contribution is 2.25. The normalized spacial score (nSPS) is 18.1. The summed E-state index contributed by atoms with van der Waals surface area (Å²) < 4.78 is 5.71. The van der Waals surface area contributed by atoms with E-state index in [0.29, 0.717) is 19.0 Å². The summed E-state index contributed by atoms with van der Waals surface area (Å²) in [5.74, 6) is 1.72. The summed E-state index contributed by atoms with van der Waals surface area (Å²) in [6, 6.07) is 6.27. The van der Waals surface area contributed by atoms with Crippen molar-refractivity contribution in [1.29, 1.82) is 0 Å². The third-order valence-corrected chi connectivity index (χ3v) is 6.98. The van der Waals surface area contributed by atoms with Gasteiger partial charge in [0.05, 0.1) is 18.8 Å². The number of nitrogens with one attached hydrogen (secondary N) is 2. The van der Waals surface area contributed by atoms with Crippen LogP contribution < -0.4 is 10.6 Å². The number of piperidine rings is 1. The van der Waals surface area contributed by atoms with E-state index < -0.39 is 0 Å². The molecule has 31 heavy (non-hydrogen) atoms. The third-order valence-electron chi connectivity index (χ3n) is 5.96. The van der Waals surface area contributed by atoms with Crippen molar-refractivity contribution in [2.24, 2.45) is 4.99 Å². The molecule has 2 N–H and O–H groups in total. The lowest BCUT2D eigenvalue weighted by molar-refractivity contribution is -0.130. The second kappa shape index (κ2) is 11.9. The van der Waals surface area contributed by atoms with E-state index in [1.165, 1.54) is 29.7 Å². The zero-order chi connectivity index (χ0) is 20.8. The SMILES string of the molecule is CN=C(NCC(=O)N1CCc2sccc2C1)NCC(c1ccco1)N1CCCCC1.I. The molecule has 170 valence electrons. The van der Waals surface area contributed by atoms with Gasteiger partial charge in [-0.1, -0.05) is 6.42 Å². The molecule has 0 saturated carbocycles. The van der Waals surface area contributed by atoms with E-state index in [0.717, 1.165) is 31.8 Å². The Hall–Kier alpha value is -1.59. The number of nitrogens with zero attached hydrogens (tertiary/aromatic N) is 3. The smallest absolute Gasteiger partial charge is 0.242 e. The fourth-order valence-corrected chi connectivity index (χ4v) is 5.16. The number of fused-ring (bicyclic) bond motifs is 1. The number of carbonyl (C=O) groups excluding carboxylic acids is 1. The first kappa shape index (κ1) is 24.1. The average Bonchev–Trinajstić information content (AvgIpc) is 3.48. The van der Waals surface area contributed by atoms with Crippen LogP contribution in [-0.4, -0.2) is 61.4 Å². The van der Waals surface area contributed by atoms with Crippen LogP contribution in [0.1, 0.15) is 41.5 Å². The maximum absolute atomic E-state index is 12.7. The van der Waals surface area contributed by atoms with Crippen LogP contribution in [0.3, 0.4) is 0 Å². The molecule has 1 saturated heterocycles. The number of rotatable bonds is 6. The summed E-state index contributed by atoms with van der Waals surface area (Å²) in [6.07, 6.45) is 6.42. The molecule has 2 aliphatic heterocycles. The number of guanidine groups is 1. The number of aliphatic imine (C=N–C) groups is 1. The molecule has 2 aromatic heterocycles. The summed E-state index contributed by atoms with van der Waals surface area (Å²) >= 11 is 1.79. The molecule has 1 atom stereocenters.